The van der Waals surface area contributed by atoms with Gasteiger partial charge in [0, 0.05) is 25.0 Å². The second kappa shape index (κ2) is 13.1. The number of ether oxygens (including phenoxy) is 1. The first-order valence-electron chi connectivity index (χ1n) is 9.43. The maximum atomic E-state index is 5.76. The summed E-state index contributed by atoms with van der Waals surface area (Å²) in [5.74, 6) is 1.19. The molecular weight excluding hydrogens is 350 g/mol. The van der Waals surface area contributed by atoms with E-state index in [1.807, 2.05) is 66.9 Å². The highest BCUT2D eigenvalue weighted by Gasteiger charge is 1.98. The van der Waals surface area contributed by atoms with Crippen molar-refractivity contribution >= 4 is 11.5 Å². The number of benzene rings is 1. The van der Waals surface area contributed by atoms with Gasteiger partial charge in [-0.2, -0.15) is 0 Å². The summed E-state index contributed by atoms with van der Waals surface area (Å²) in [6.45, 7) is 2.76. The van der Waals surface area contributed by atoms with Crippen LogP contribution in [0.15, 0.2) is 73.1 Å². The van der Waals surface area contributed by atoms with Gasteiger partial charge in [0.15, 0.2) is 0 Å². The van der Waals surface area contributed by atoms with Gasteiger partial charge in [0.05, 0.1) is 12.8 Å². The van der Waals surface area contributed by atoms with E-state index in [1.54, 1.807) is 13.3 Å². The molecule has 4 N–H and O–H groups in total. The van der Waals surface area contributed by atoms with Gasteiger partial charge in [-0.15, -0.1) is 0 Å². The van der Waals surface area contributed by atoms with E-state index in [0.29, 0.717) is 11.7 Å². The van der Waals surface area contributed by atoms with Crippen LogP contribution in [-0.2, 0) is 6.42 Å². The van der Waals surface area contributed by atoms with Crippen molar-refractivity contribution in [3.63, 3.8) is 0 Å². The molecule has 0 radical (unpaired) electrons. The third-order valence-electron chi connectivity index (χ3n) is 3.95. The van der Waals surface area contributed by atoms with E-state index in [0.717, 1.165) is 38.2 Å². The Labute approximate surface area is 167 Å². The number of hydrogen-bond donors (Lipinski definition) is 3. The van der Waals surface area contributed by atoms with Gasteiger partial charge in [-0.1, -0.05) is 42.5 Å². The zero-order valence-electron chi connectivity index (χ0n) is 16.3. The lowest BCUT2D eigenvalue weighted by Crippen LogP contribution is -2.21. The molecule has 3 rings (SSSR count). The summed E-state index contributed by atoms with van der Waals surface area (Å²) in [5, 5.41) is 6.70. The van der Waals surface area contributed by atoms with Crippen LogP contribution < -0.4 is 21.1 Å². The van der Waals surface area contributed by atoms with E-state index in [-0.39, 0.29) is 0 Å². The van der Waals surface area contributed by atoms with Gasteiger partial charge in [-0.05, 0) is 43.6 Å². The molecular formula is C22H29N5O. The number of nitrogens with zero attached hydrogens (tertiary/aromatic N) is 2. The van der Waals surface area contributed by atoms with Crippen LogP contribution in [0.1, 0.15) is 12.0 Å². The summed E-state index contributed by atoms with van der Waals surface area (Å²) >= 11 is 0. The van der Waals surface area contributed by atoms with E-state index in [2.05, 4.69) is 20.6 Å². The van der Waals surface area contributed by atoms with Gasteiger partial charge in [0.1, 0.15) is 5.82 Å². The average molecular weight is 380 g/mol. The van der Waals surface area contributed by atoms with Gasteiger partial charge >= 0.3 is 0 Å². The van der Waals surface area contributed by atoms with Crippen LogP contribution in [0.5, 0.6) is 5.88 Å². The van der Waals surface area contributed by atoms with E-state index in [9.17, 15) is 0 Å². The molecule has 2 aromatic heterocycles. The summed E-state index contributed by atoms with van der Waals surface area (Å²) in [6.07, 6.45) is 5.53. The molecule has 0 atom stereocenters. The lowest BCUT2D eigenvalue weighted by Gasteiger charge is -2.09. The predicted molar refractivity (Wildman–Crippen MR) is 116 cm³/mol. The van der Waals surface area contributed by atoms with Crippen LogP contribution in [0.4, 0.5) is 11.5 Å². The lowest BCUT2D eigenvalue weighted by molar-refractivity contribution is 0.397. The van der Waals surface area contributed by atoms with Gasteiger partial charge in [0.25, 0.3) is 0 Å². The first kappa shape index (κ1) is 21.2. The van der Waals surface area contributed by atoms with Crippen molar-refractivity contribution in [1.82, 2.24) is 15.3 Å². The monoisotopic (exact) mass is 379 g/mol. The molecule has 148 valence electrons. The van der Waals surface area contributed by atoms with Crippen molar-refractivity contribution in [1.29, 1.82) is 0 Å². The number of aromatic nitrogens is 2. The van der Waals surface area contributed by atoms with Crippen LogP contribution in [0.25, 0.3) is 0 Å². The topological polar surface area (TPSA) is 85.1 Å². The minimum atomic E-state index is 0.544. The molecule has 0 unspecified atom stereocenters. The third-order valence-corrected chi connectivity index (χ3v) is 3.95. The molecule has 1 aromatic carbocycles. The van der Waals surface area contributed by atoms with Crippen LogP contribution in [0.3, 0.4) is 0 Å². The van der Waals surface area contributed by atoms with Crippen LogP contribution in [0, 0.1) is 0 Å². The average Bonchev–Trinajstić information content (AvgIpc) is 2.76. The lowest BCUT2D eigenvalue weighted by atomic mass is 10.2. The molecule has 28 heavy (non-hydrogen) atoms. The van der Waals surface area contributed by atoms with E-state index in [4.69, 9.17) is 10.5 Å². The molecule has 0 fully saturated rings. The fraction of sp³-hybridized carbons (Fsp3) is 0.273. The highest BCUT2D eigenvalue weighted by molar-refractivity contribution is 5.60. The second-order valence-corrected chi connectivity index (χ2v) is 6.08. The summed E-state index contributed by atoms with van der Waals surface area (Å²) in [4.78, 5) is 8.23. The number of nitrogen functional groups attached to an aromatic ring is 1. The zero-order valence-corrected chi connectivity index (χ0v) is 16.3. The van der Waals surface area contributed by atoms with Crippen molar-refractivity contribution in [2.24, 2.45) is 0 Å². The minimum Gasteiger partial charge on any atom is -0.481 e. The molecule has 3 aromatic rings. The summed E-state index contributed by atoms with van der Waals surface area (Å²) in [7, 11) is 1.62. The third kappa shape index (κ3) is 8.51. The molecule has 0 aliphatic heterocycles. The van der Waals surface area contributed by atoms with Crippen molar-refractivity contribution < 1.29 is 4.74 Å². The SMILES string of the molecule is COc1ccc(CCNCCCNc2cccnc2N)cn1.c1ccccc1. The normalized spacial score (nSPS) is 9.89. The van der Waals surface area contributed by atoms with Gasteiger partial charge in [0.2, 0.25) is 5.88 Å². The van der Waals surface area contributed by atoms with Crippen molar-refractivity contribution in [3.05, 3.63) is 78.6 Å². The molecule has 6 heteroatoms. The summed E-state index contributed by atoms with van der Waals surface area (Å²) < 4.78 is 5.04. The molecule has 0 aliphatic carbocycles. The maximum Gasteiger partial charge on any atom is 0.212 e. The van der Waals surface area contributed by atoms with Crippen LogP contribution >= 0.6 is 0 Å². The quantitative estimate of drug-likeness (QED) is 0.494. The number of rotatable bonds is 9. The largest absolute Gasteiger partial charge is 0.481 e. The minimum absolute atomic E-state index is 0.544. The van der Waals surface area contributed by atoms with E-state index < -0.39 is 0 Å². The number of nitrogens with one attached hydrogen (secondary N) is 2. The molecule has 0 spiro atoms. The highest BCUT2D eigenvalue weighted by Crippen LogP contribution is 2.12. The predicted octanol–water partition coefficient (Wildman–Crippen LogP) is 3.39. The number of hydrogen-bond acceptors (Lipinski definition) is 6. The van der Waals surface area contributed by atoms with Crippen molar-refractivity contribution in [3.8, 4) is 5.88 Å². The summed E-state index contributed by atoms with van der Waals surface area (Å²) in [6, 6.07) is 19.7. The van der Waals surface area contributed by atoms with E-state index in [1.165, 1.54) is 5.56 Å². The van der Waals surface area contributed by atoms with Gasteiger partial charge in [-0.25, -0.2) is 9.97 Å². The fourth-order valence-electron chi connectivity index (χ4n) is 2.43. The molecule has 6 nitrogen and oxygen atoms in total. The number of pyridine rings is 2. The molecule has 0 saturated carbocycles. The first-order valence-corrected chi connectivity index (χ1v) is 9.43. The van der Waals surface area contributed by atoms with Crippen molar-refractivity contribution in [2.45, 2.75) is 12.8 Å². The Balaban J connectivity index is 0.000000397. The zero-order chi connectivity index (χ0) is 19.9. The van der Waals surface area contributed by atoms with Crippen LogP contribution in [0.2, 0.25) is 0 Å². The van der Waals surface area contributed by atoms with Gasteiger partial charge in [-0.3, -0.25) is 0 Å². The molecule has 0 bridgehead atoms. The van der Waals surface area contributed by atoms with Crippen LogP contribution in [-0.4, -0.2) is 36.7 Å². The molecule has 2 heterocycles. The molecule has 0 amide bonds. The Bertz CT molecular complexity index is 739. The second-order valence-electron chi connectivity index (χ2n) is 6.08. The van der Waals surface area contributed by atoms with Crippen molar-refractivity contribution in [2.75, 3.05) is 37.8 Å². The number of methoxy groups -OCH3 is 1. The maximum absolute atomic E-state index is 5.76. The van der Waals surface area contributed by atoms with E-state index >= 15 is 0 Å². The Hall–Kier alpha value is -3.12. The highest BCUT2D eigenvalue weighted by atomic mass is 16.5. The Morgan fingerprint density at radius 3 is 2.25 bits per heavy atom. The van der Waals surface area contributed by atoms with Gasteiger partial charge < -0.3 is 21.1 Å². The molecule has 0 saturated heterocycles. The smallest absolute Gasteiger partial charge is 0.212 e. The fourth-order valence-corrected chi connectivity index (χ4v) is 2.43. The summed E-state index contributed by atoms with van der Waals surface area (Å²) in [5.41, 5.74) is 7.86. The number of nitrogens with two attached hydrogens (primary N) is 1. The Morgan fingerprint density at radius 1 is 0.893 bits per heavy atom. The standard InChI is InChI=1S/C16H23N5O.C6H6/c1-22-15-6-5-13(12-21-15)7-11-18-8-3-10-19-14-4-2-9-20-16(14)17;1-2-4-6-5-3-1/h2,4-6,9,12,18-19H,3,7-8,10-11H2,1H3,(H2,17,20);1-6H. The Kier molecular flexibility index (Phi) is 9.92. The Morgan fingerprint density at radius 2 is 1.64 bits per heavy atom. The molecule has 0 aliphatic rings. The first-order chi connectivity index (χ1) is 13.8. The number of anilines is 2.